The summed E-state index contributed by atoms with van der Waals surface area (Å²) in [7, 11) is -3.76. The highest BCUT2D eigenvalue weighted by Gasteiger charge is 2.37. The lowest BCUT2D eigenvalue weighted by molar-refractivity contribution is -0.133. The van der Waals surface area contributed by atoms with Crippen LogP contribution in [0.15, 0.2) is 46.2 Å². The first-order valence-corrected chi connectivity index (χ1v) is 9.98. The monoisotopic (exact) mass is 389 g/mol. The average Bonchev–Trinajstić information content (AvgIpc) is 3.23. The van der Waals surface area contributed by atoms with Crippen LogP contribution >= 0.6 is 0 Å². The van der Waals surface area contributed by atoms with Gasteiger partial charge in [-0.3, -0.25) is 9.69 Å². The second-order valence-electron chi connectivity index (χ2n) is 6.52. The van der Waals surface area contributed by atoms with Crippen LogP contribution < -0.4 is 0 Å². The number of nitrogens with zero attached hydrogens (tertiary/aromatic N) is 1. The molecule has 1 atom stereocenters. The molecule has 0 N–H and O–H groups in total. The molecule has 2 aliphatic heterocycles. The van der Waals surface area contributed by atoms with E-state index < -0.39 is 34.6 Å². The van der Waals surface area contributed by atoms with Gasteiger partial charge in [0, 0.05) is 12.1 Å². The number of hydrogen-bond donors (Lipinski definition) is 0. The fourth-order valence-corrected chi connectivity index (χ4v) is 5.07. The highest BCUT2D eigenvalue weighted by molar-refractivity contribution is 7.95. The van der Waals surface area contributed by atoms with Gasteiger partial charge < -0.3 is 4.74 Å². The first kappa shape index (κ1) is 17.7. The van der Waals surface area contributed by atoms with Gasteiger partial charge in [-0.25, -0.2) is 13.2 Å². The molecule has 27 heavy (non-hydrogen) atoms. The Morgan fingerprint density at radius 1 is 1.19 bits per heavy atom. The third-order valence-electron chi connectivity index (χ3n) is 4.96. The van der Waals surface area contributed by atoms with Crippen LogP contribution in [0.1, 0.15) is 18.4 Å². The molecule has 2 heterocycles. The van der Waals surface area contributed by atoms with E-state index in [1.165, 1.54) is 12.1 Å². The van der Waals surface area contributed by atoms with Crippen molar-refractivity contribution in [2.75, 3.05) is 13.2 Å². The van der Waals surface area contributed by atoms with E-state index in [1.807, 2.05) is 24.3 Å². The Balaban J connectivity index is 1.58. The third-order valence-corrected chi connectivity index (χ3v) is 6.82. The number of sulfone groups is 1. The molecule has 1 amide bonds. The van der Waals surface area contributed by atoms with Crippen LogP contribution in [0.4, 0.5) is 9.18 Å². The Morgan fingerprint density at radius 3 is 2.74 bits per heavy atom. The average molecular weight is 389 g/mol. The SMILES string of the molecule is O=C(F)[C@@H]1CCCN1C(=O)OCC1=Cc2c(ccc3ccccc23)S1(=O)=O. The molecule has 8 heteroatoms. The van der Waals surface area contributed by atoms with Gasteiger partial charge in [0.2, 0.25) is 9.84 Å². The molecular formula is C19H16FNO5S. The summed E-state index contributed by atoms with van der Waals surface area (Å²) in [5, 5.41) is 1.70. The Kier molecular flexibility index (Phi) is 4.22. The van der Waals surface area contributed by atoms with Gasteiger partial charge in [0.05, 0.1) is 9.80 Å². The second kappa shape index (κ2) is 6.45. The summed E-state index contributed by atoms with van der Waals surface area (Å²) in [6, 6.07) is 7.94. The molecule has 6 nitrogen and oxygen atoms in total. The van der Waals surface area contributed by atoms with Crippen molar-refractivity contribution in [2.24, 2.45) is 0 Å². The van der Waals surface area contributed by atoms with E-state index in [0.717, 1.165) is 15.7 Å². The molecular weight excluding hydrogens is 373 g/mol. The first-order valence-electron chi connectivity index (χ1n) is 8.50. The maximum absolute atomic E-state index is 13.0. The van der Waals surface area contributed by atoms with Crippen molar-refractivity contribution < 1.29 is 27.1 Å². The van der Waals surface area contributed by atoms with Crippen molar-refractivity contribution in [2.45, 2.75) is 23.8 Å². The highest BCUT2D eigenvalue weighted by Crippen LogP contribution is 2.37. The zero-order chi connectivity index (χ0) is 19.2. The maximum Gasteiger partial charge on any atom is 0.410 e. The van der Waals surface area contributed by atoms with Crippen LogP contribution in [0.5, 0.6) is 0 Å². The van der Waals surface area contributed by atoms with Crippen LogP contribution in [0, 0.1) is 0 Å². The number of benzene rings is 2. The Hall–Kier alpha value is -2.74. The fraction of sp³-hybridized carbons (Fsp3) is 0.263. The summed E-state index contributed by atoms with van der Waals surface area (Å²) in [5.41, 5.74) is 0.567. The Labute approximate surface area is 155 Å². The summed E-state index contributed by atoms with van der Waals surface area (Å²) >= 11 is 0. The van der Waals surface area contributed by atoms with Gasteiger partial charge in [0.15, 0.2) is 0 Å². The number of likely N-dealkylation sites (tertiary alicyclic amines) is 1. The van der Waals surface area contributed by atoms with Crippen LogP contribution in [0.3, 0.4) is 0 Å². The molecule has 0 radical (unpaired) electrons. The summed E-state index contributed by atoms with van der Waals surface area (Å²) in [6.07, 6.45) is 1.35. The number of carbonyl (C=O) groups is 2. The number of hydrogen-bond acceptors (Lipinski definition) is 5. The predicted molar refractivity (Wildman–Crippen MR) is 96.3 cm³/mol. The minimum Gasteiger partial charge on any atom is -0.444 e. The fourth-order valence-electron chi connectivity index (χ4n) is 3.59. The van der Waals surface area contributed by atoms with Gasteiger partial charge in [-0.1, -0.05) is 30.3 Å². The summed E-state index contributed by atoms with van der Waals surface area (Å²) < 4.78 is 43.6. The van der Waals surface area contributed by atoms with Crippen molar-refractivity contribution in [3.63, 3.8) is 0 Å². The molecule has 1 saturated heterocycles. The van der Waals surface area contributed by atoms with E-state index in [1.54, 1.807) is 6.07 Å². The first-order chi connectivity index (χ1) is 12.9. The zero-order valence-corrected chi connectivity index (χ0v) is 15.0. The molecule has 4 rings (SSSR count). The zero-order valence-electron chi connectivity index (χ0n) is 14.2. The molecule has 2 aliphatic rings. The van der Waals surface area contributed by atoms with Gasteiger partial charge >= 0.3 is 12.1 Å². The van der Waals surface area contributed by atoms with E-state index in [9.17, 15) is 22.4 Å². The van der Waals surface area contributed by atoms with Gasteiger partial charge in [-0.2, -0.15) is 4.39 Å². The van der Waals surface area contributed by atoms with Gasteiger partial charge in [-0.15, -0.1) is 0 Å². The quantitative estimate of drug-likeness (QED) is 0.754. The number of halogens is 1. The highest BCUT2D eigenvalue weighted by atomic mass is 32.2. The molecule has 0 aromatic heterocycles. The minimum absolute atomic E-state index is 0.0375. The van der Waals surface area contributed by atoms with Gasteiger partial charge in [-0.05, 0) is 35.8 Å². The number of amides is 1. The topological polar surface area (TPSA) is 80.8 Å². The van der Waals surface area contributed by atoms with E-state index in [-0.39, 0.29) is 22.8 Å². The minimum atomic E-state index is -3.76. The van der Waals surface area contributed by atoms with Crippen LogP contribution in [0.25, 0.3) is 16.8 Å². The Morgan fingerprint density at radius 2 is 1.96 bits per heavy atom. The number of carbonyl (C=O) groups excluding carboxylic acids is 2. The standard InChI is InChI=1S/C19H16FNO5S/c20-18(22)16-6-3-9-21(16)19(23)26-11-13-10-15-14-5-2-1-4-12(14)7-8-17(15)27(13,24)25/h1-2,4-5,7-8,10,16H,3,6,9,11H2/t16-/m0/s1. The lowest BCUT2D eigenvalue weighted by Gasteiger charge is -2.20. The van der Waals surface area contributed by atoms with Crippen molar-refractivity contribution in [1.29, 1.82) is 0 Å². The lowest BCUT2D eigenvalue weighted by atomic mass is 10.0. The molecule has 0 bridgehead atoms. The third kappa shape index (κ3) is 2.90. The number of rotatable bonds is 3. The molecule has 0 spiro atoms. The van der Waals surface area contributed by atoms with Crippen LogP contribution in [-0.4, -0.2) is 44.6 Å². The van der Waals surface area contributed by atoms with E-state index in [4.69, 9.17) is 4.74 Å². The van der Waals surface area contributed by atoms with Crippen molar-refractivity contribution in [3.8, 4) is 0 Å². The van der Waals surface area contributed by atoms with E-state index >= 15 is 0 Å². The largest absolute Gasteiger partial charge is 0.444 e. The predicted octanol–water partition coefficient (Wildman–Crippen LogP) is 3.07. The van der Waals surface area contributed by atoms with Gasteiger partial charge in [0.1, 0.15) is 12.6 Å². The molecule has 1 fully saturated rings. The van der Waals surface area contributed by atoms with Crippen molar-refractivity contribution in [3.05, 3.63) is 46.9 Å². The van der Waals surface area contributed by atoms with Gasteiger partial charge in [0.25, 0.3) is 0 Å². The molecule has 0 saturated carbocycles. The van der Waals surface area contributed by atoms with Crippen LogP contribution in [-0.2, 0) is 19.4 Å². The van der Waals surface area contributed by atoms with E-state index in [0.29, 0.717) is 12.0 Å². The van der Waals surface area contributed by atoms with E-state index in [2.05, 4.69) is 0 Å². The molecule has 140 valence electrons. The molecule has 0 unspecified atom stereocenters. The summed E-state index contributed by atoms with van der Waals surface area (Å²) in [5.74, 6) is 0. The summed E-state index contributed by atoms with van der Waals surface area (Å²) in [6.45, 7) is -0.260. The molecule has 0 aliphatic carbocycles. The van der Waals surface area contributed by atoms with Crippen LogP contribution in [0.2, 0.25) is 0 Å². The Bertz CT molecular complexity index is 1090. The normalized spacial score (nSPS) is 20.4. The number of fused-ring (bicyclic) bond motifs is 3. The summed E-state index contributed by atoms with van der Waals surface area (Å²) in [4.78, 5) is 24.3. The molecule has 2 aromatic carbocycles. The van der Waals surface area contributed by atoms with Crippen molar-refractivity contribution >= 4 is 38.8 Å². The van der Waals surface area contributed by atoms with Crippen molar-refractivity contribution in [1.82, 2.24) is 4.90 Å². The maximum atomic E-state index is 13.0. The molecule has 2 aromatic rings. The second-order valence-corrected chi connectivity index (χ2v) is 8.49. The smallest absolute Gasteiger partial charge is 0.410 e. The number of ether oxygens (including phenoxy) is 1. The lowest BCUT2D eigenvalue weighted by Crippen LogP contribution is -2.39.